The summed E-state index contributed by atoms with van der Waals surface area (Å²) < 4.78 is 4.59. The van der Waals surface area contributed by atoms with Gasteiger partial charge in [0.2, 0.25) is 0 Å². The van der Waals surface area contributed by atoms with Crippen LogP contribution in [0.5, 0.6) is 0 Å². The molecule has 0 unspecified atom stereocenters. The Hall–Kier alpha value is 0.430. The Labute approximate surface area is 84.5 Å². The number of carbonyl (C=O) groups is 1. The summed E-state index contributed by atoms with van der Waals surface area (Å²) in [7, 11) is 0. The van der Waals surface area contributed by atoms with Crippen molar-refractivity contribution >= 4 is 5.97 Å². The van der Waals surface area contributed by atoms with Gasteiger partial charge in [-0.25, -0.2) is 0 Å². The Bertz CT molecular complexity index is 89.9. The number of ether oxygens (including phenoxy) is 1. The molecule has 0 aromatic heterocycles. The molecular formula is C6H13NaO3. The van der Waals surface area contributed by atoms with E-state index in [2.05, 4.69) is 4.74 Å². The number of aliphatic hydroxyl groups excluding tert-OH is 1. The van der Waals surface area contributed by atoms with E-state index in [9.17, 15) is 4.79 Å². The molecule has 0 amide bonds. The molecule has 0 aliphatic rings. The number of hydrogen-bond donors (Lipinski definition) is 1. The fourth-order valence-electron chi connectivity index (χ4n) is 0.430. The molecule has 3 nitrogen and oxygen atoms in total. The Morgan fingerprint density at radius 1 is 1.60 bits per heavy atom. The van der Waals surface area contributed by atoms with Crippen LogP contribution in [0.1, 0.15) is 21.2 Å². The molecule has 0 fully saturated rings. The first-order valence-corrected chi connectivity index (χ1v) is 3.01. The molecule has 1 N–H and O–H groups in total. The van der Waals surface area contributed by atoms with Crippen molar-refractivity contribution in [2.24, 2.45) is 0 Å². The third-order valence-corrected chi connectivity index (χ3v) is 0.858. The van der Waals surface area contributed by atoms with Crippen molar-refractivity contribution in [3.63, 3.8) is 0 Å². The summed E-state index contributed by atoms with van der Waals surface area (Å²) in [6.45, 7) is 1.97. The molecule has 0 bridgehead atoms. The van der Waals surface area contributed by atoms with Crippen molar-refractivity contribution in [2.45, 2.75) is 19.8 Å². The van der Waals surface area contributed by atoms with Crippen molar-refractivity contribution < 1.29 is 45.6 Å². The Morgan fingerprint density at radius 2 is 2.20 bits per heavy atom. The molecule has 0 saturated heterocycles. The Morgan fingerprint density at radius 3 is 2.60 bits per heavy atom. The van der Waals surface area contributed by atoms with Crippen LogP contribution in [0.2, 0.25) is 0 Å². The van der Waals surface area contributed by atoms with E-state index >= 15 is 0 Å². The van der Waals surface area contributed by atoms with E-state index in [1.54, 1.807) is 0 Å². The second kappa shape index (κ2) is 9.43. The molecule has 0 aliphatic heterocycles. The first kappa shape index (κ1) is 13.1. The smallest absolute Gasteiger partial charge is 1.00 e. The van der Waals surface area contributed by atoms with Gasteiger partial charge in [0.05, 0.1) is 6.61 Å². The van der Waals surface area contributed by atoms with Crippen molar-refractivity contribution in [3.8, 4) is 0 Å². The first-order valence-electron chi connectivity index (χ1n) is 3.01. The van der Waals surface area contributed by atoms with E-state index < -0.39 is 0 Å². The summed E-state index contributed by atoms with van der Waals surface area (Å²) >= 11 is 0. The van der Waals surface area contributed by atoms with E-state index in [4.69, 9.17) is 5.11 Å². The van der Waals surface area contributed by atoms with Gasteiger partial charge in [-0.05, 0) is 12.8 Å². The van der Waals surface area contributed by atoms with Crippen LogP contribution in [-0.2, 0) is 9.53 Å². The largest absolute Gasteiger partial charge is 1.00 e. The minimum atomic E-state index is -0.257. The number of rotatable bonds is 4. The van der Waals surface area contributed by atoms with Gasteiger partial charge in [0.1, 0.15) is 0 Å². The molecule has 0 saturated carbocycles. The van der Waals surface area contributed by atoms with Gasteiger partial charge in [0.15, 0.2) is 0 Å². The minimum absolute atomic E-state index is 0. The van der Waals surface area contributed by atoms with Gasteiger partial charge < -0.3 is 11.3 Å². The average molecular weight is 156 g/mol. The van der Waals surface area contributed by atoms with Gasteiger partial charge in [0.25, 0.3) is 0 Å². The van der Waals surface area contributed by atoms with Crippen molar-refractivity contribution in [2.75, 3.05) is 13.2 Å². The van der Waals surface area contributed by atoms with Gasteiger partial charge in [-0.1, -0.05) is 0 Å². The van der Waals surface area contributed by atoms with Gasteiger partial charge in [-0.2, -0.15) is 0 Å². The van der Waals surface area contributed by atoms with Crippen LogP contribution in [0.3, 0.4) is 0 Å². The standard InChI is InChI=1S/C6H12O3.Na.H/c1-6(8)9-5-3-2-4-7;;/h7H,2-5H2,1H3;;/q;+1;-1. The van der Waals surface area contributed by atoms with Crippen molar-refractivity contribution in [1.82, 2.24) is 0 Å². The second-order valence-corrected chi connectivity index (χ2v) is 1.77. The third kappa shape index (κ3) is 11.3. The number of hydrogen-bond acceptors (Lipinski definition) is 3. The predicted molar refractivity (Wildman–Crippen MR) is 34.1 cm³/mol. The van der Waals surface area contributed by atoms with E-state index in [0.29, 0.717) is 13.0 Å². The predicted octanol–water partition coefficient (Wildman–Crippen LogP) is -2.56. The van der Waals surface area contributed by atoms with E-state index in [0.717, 1.165) is 6.42 Å². The fraction of sp³-hybridized carbons (Fsp3) is 0.833. The number of carbonyl (C=O) groups excluding carboxylic acids is 1. The topological polar surface area (TPSA) is 46.5 Å². The molecule has 0 atom stereocenters. The van der Waals surface area contributed by atoms with Crippen LogP contribution < -0.4 is 29.6 Å². The second-order valence-electron chi connectivity index (χ2n) is 1.77. The van der Waals surface area contributed by atoms with Crippen LogP contribution in [-0.4, -0.2) is 24.3 Å². The van der Waals surface area contributed by atoms with E-state index in [1.807, 2.05) is 0 Å². The molecule has 0 heterocycles. The molecule has 0 aromatic rings. The van der Waals surface area contributed by atoms with Gasteiger partial charge in [0, 0.05) is 13.5 Å². The maximum absolute atomic E-state index is 10.1. The third-order valence-electron chi connectivity index (χ3n) is 0.858. The van der Waals surface area contributed by atoms with Crippen LogP contribution in [0, 0.1) is 0 Å². The maximum atomic E-state index is 10.1. The van der Waals surface area contributed by atoms with Gasteiger partial charge >= 0.3 is 35.5 Å². The molecule has 10 heavy (non-hydrogen) atoms. The Kier molecular flexibility index (Phi) is 12.3. The zero-order valence-corrected chi connectivity index (χ0v) is 8.59. The molecule has 0 spiro atoms. The molecule has 4 heteroatoms. The molecule has 56 valence electrons. The quantitative estimate of drug-likeness (QED) is 0.277. The summed E-state index contributed by atoms with van der Waals surface area (Å²) in [6, 6.07) is 0. The normalized spacial score (nSPS) is 8.20. The van der Waals surface area contributed by atoms with E-state index in [-0.39, 0.29) is 43.6 Å². The fourth-order valence-corrected chi connectivity index (χ4v) is 0.430. The number of unbranched alkanes of at least 4 members (excludes halogenated alkanes) is 1. The Balaban J connectivity index is -0.000000320. The first-order chi connectivity index (χ1) is 4.27. The summed E-state index contributed by atoms with van der Waals surface area (Å²) in [4.78, 5) is 10.1. The summed E-state index contributed by atoms with van der Waals surface area (Å²) in [5, 5.41) is 8.29. The van der Waals surface area contributed by atoms with Crippen LogP contribution in [0.4, 0.5) is 0 Å². The zero-order valence-electron chi connectivity index (χ0n) is 7.59. The molecule has 0 aromatic carbocycles. The maximum Gasteiger partial charge on any atom is 1.00 e. The van der Waals surface area contributed by atoms with Crippen LogP contribution >= 0.6 is 0 Å². The van der Waals surface area contributed by atoms with Crippen LogP contribution in [0.25, 0.3) is 0 Å². The molecule has 0 radical (unpaired) electrons. The van der Waals surface area contributed by atoms with Gasteiger partial charge in [-0.3, -0.25) is 4.79 Å². The van der Waals surface area contributed by atoms with Crippen molar-refractivity contribution in [3.05, 3.63) is 0 Å². The van der Waals surface area contributed by atoms with Crippen LogP contribution in [0.15, 0.2) is 0 Å². The van der Waals surface area contributed by atoms with Gasteiger partial charge in [-0.15, -0.1) is 0 Å². The summed E-state index contributed by atoms with van der Waals surface area (Å²) in [5.74, 6) is -0.257. The molecule has 0 aliphatic carbocycles. The summed E-state index contributed by atoms with van der Waals surface area (Å²) in [6.07, 6.45) is 1.45. The van der Waals surface area contributed by atoms with E-state index in [1.165, 1.54) is 6.92 Å². The number of esters is 1. The van der Waals surface area contributed by atoms with Crippen molar-refractivity contribution in [1.29, 1.82) is 0 Å². The summed E-state index contributed by atoms with van der Waals surface area (Å²) in [5.41, 5.74) is 0. The molecule has 0 rings (SSSR count). The SMILES string of the molecule is CC(=O)OCCCCO.[H-].[Na+]. The molecular weight excluding hydrogens is 143 g/mol. The monoisotopic (exact) mass is 156 g/mol. The minimum Gasteiger partial charge on any atom is -1.00 e. The number of aliphatic hydroxyl groups is 1. The average Bonchev–Trinajstić information content (AvgIpc) is 1.80. The zero-order chi connectivity index (χ0) is 7.11.